The van der Waals surface area contributed by atoms with Gasteiger partial charge in [0.2, 0.25) is 0 Å². The summed E-state index contributed by atoms with van der Waals surface area (Å²) in [4.78, 5) is 30.6. The van der Waals surface area contributed by atoms with Crippen LogP contribution >= 0.6 is 0 Å². The van der Waals surface area contributed by atoms with E-state index in [1.54, 1.807) is 0 Å². The van der Waals surface area contributed by atoms with Gasteiger partial charge in [-0.1, -0.05) is 0 Å². The molecule has 0 heterocycles. The summed E-state index contributed by atoms with van der Waals surface area (Å²) in [5, 5.41) is 27.0. The Labute approximate surface area is 108 Å². The van der Waals surface area contributed by atoms with Gasteiger partial charge in [0.05, 0.1) is 6.54 Å². The molecular formula is C11H14N2O6. The van der Waals surface area contributed by atoms with Crippen LogP contribution in [-0.4, -0.2) is 46.3 Å². The first kappa shape index (κ1) is 16.4. The van der Waals surface area contributed by atoms with Gasteiger partial charge in [0.25, 0.3) is 5.91 Å². The largest absolute Gasteiger partial charge is 0.508 e. The van der Waals surface area contributed by atoms with E-state index in [4.69, 9.17) is 15.3 Å². The van der Waals surface area contributed by atoms with Crippen LogP contribution in [0.4, 0.5) is 0 Å². The van der Waals surface area contributed by atoms with E-state index in [9.17, 15) is 14.4 Å². The predicted molar refractivity (Wildman–Crippen MR) is 64.8 cm³/mol. The lowest BCUT2D eigenvalue weighted by atomic mass is 10.2. The first-order valence-corrected chi connectivity index (χ1v) is 5.07. The van der Waals surface area contributed by atoms with E-state index in [1.165, 1.54) is 24.3 Å². The molecule has 0 aliphatic heterocycles. The number of amides is 1. The summed E-state index contributed by atoms with van der Waals surface area (Å²) >= 11 is 0. The van der Waals surface area contributed by atoms with Gasteiger partial charge in [0.15, 0.2) is 0 Å². The fourth-order valence-corrected chi connectivity index (χ4v) is 0.871. The van der Waals surface area contributed by atoms with Crippen molar-refractivity contribution in [3.63, 3.8) is 0 Å². The molecule has 0 unspecified atom stereocenters. The summed E-state index contributed by atoms with van der Waals surface area (Å²) in [5.41, 5.74) is 4.88. The molecule has 0 saturated heterocycles. The van der Waals surface area contributed by atoms with Gasteiger partial charge < -0.3 is 26.4 Å². The molecule has 0 bridgehead atoms. The topological polar surface area (TPSA) is 150 Å². The minimum atomic E-state index is -1.10. The summed E-state index contributed by atoms with van der Waals surface area (Å²) in [6, 6.07) is 5.53. The monoisotopic (exact) mass is 270 g/mol. The number of phenols is 1. The average Bonchev–Trinajstić information content (AvgIpc) is 2.37. The number of carbonyl (C=O) groups excluding carboxylic acids is 1. The van der Waals surface area contributed by atoms with Gasteiger partial charge in [-0.15, -0.1) is 0 Å². The Morgan fingerprint density at radius 1 is 1.05 bits per heavy atom. The highest BCUT2D eigenvalue weighted by molar-refractivity contribution is 5.95. The first-order chi connectivity index (χ1) is 8.86. The molecule has 0 aliphatic rings. The third kappa shape index (κ3) is 8.16. The van der Waals surface area contributed by atoms with Gasteiger partial charge in [-0.25, -0.2) is 0 Å². The van der Waals surface area contributed by atoms with Gasteiger partial charge in [-0.2, -0.15) is 0 Å². The Kier molecular flexibility index (Phi) is 7.31. The van der Waals surface area contributed by atoms with Crippen LogP contribution in [0.25, 0.3) is 0 Å². The highest BCUT2D eigenvalue weighted by Crippen LogP contribution is 2.08. The Morgan fingerprint density at radius 2 is 1.53 bits per heavy atom. The van der Waals surface area contributed by atoms with Crippen LogP contribution in [0.15, 0.2) is 24.3 Å². The van der Waals surface area contributed by atoms with Crippen molar-refractivity contribution in [3.05, 3.63) is 29.8 Å². The van der Waals surface area contributed by atoms with Crippen molar-refractivity contribution in [2.75, 3.05) is 13.1 Å². The van der Waals surface area contributed by atoms with Crippen LogP contribution in [-0.2, 0) is 9.59 Å². The standard InChI is InChI=1S/C9H9NO4.C2H5NO2/c11-7-3-1-6(2-4-7)9(14)10-5-8(12)13;3-1-2(4)5/h1-4,11H,5H2,(H,10,14)(H,12,13);1,3H2,(H,4,5). The molecule has 104 valence electrons. The molecule has 19 heavy (non-hydrogen) atoms. The minimum absolute atomic E-state index is 0.0554. The number of aliphatic carboxylic acids is 2. The number of carboxylic acids is 2. The third-order valence-corrected chi connectivity index (χ3v) is 1.70. The lowest BCUT2D eigenvalue weighted by molar-refractivity contribution is -0.136. The lowest BCUT2D eigenvalue weighted by Crippen LogP contribution is -2.29. The second-order valence-electron chi connectivity index (χ2n) is 3.22. The Morgan fingerprint density at radius 3 is 1.89 bits per heavy atom. The lowest BCUT2D eigenvalue weighted by Gasteiger charge is -2.01. The van der Waals surface area contributed by atoms with Crippen molar-refractivity contribution >= 4 is 17.8 Å². The van der Waals surface area contributed by atoms with E-state index in [2.05, 4.69) is 11.1 Å². The molecule has 0 radical (unpaired) electrons. The third-order valence-electron chi connectivity index (χ3n) is 1.70. The maximum atomic E-state index is 11.2. The van der Waals surface area contributed by atoms with Crippen LogP contribution in [0.1, 0.15) is 10.4 Å². The summed E-state index contributed by atoms with van der Waals surface area (Å²) in [6.07, 6.45) is 0. The van der Waals surface area contributed by atoms with E-state index in [0.29, 0.717) is 5.56 Å². The van der Waals surface area contributed by atoms with E-state index in [-0.39, 0.29) is 12.3 Å². The number of aromatic hydroxyl groups is 1. The number of carboxylic acid groups (broad SMARTS) is 2. The smallest absolute Gasteiger partial charge is 0.322 e. The molecular weight excluding hydrogens is 256 g/mol. The highest BCUT2D eigenvalue weighted by atomic mass is 16.4. The molecule has 0 spiro atoms. The molecule has 8 heteroatoms. The quantitative estimate of drug-likeness (QED) is 0.482. The van der Waals surface area contributed by atoms with Gasteiger partial charge in [0, 0.05) is 5.56 Å². The molecule has 0 fully saturated rings. The number of hydrogen-bond donors (Lipinski definition) is 5. The second kappa shape index (κ2) is 8.48. The number of rotatable bonds is 4. The number of phenolic OH excluding ortho intramolecular Hbond substituents is 1. The number of nitrogens with one attached hydrogen (secondary N) is 1. The number of benzene rings is 1. The van der Waals surface area contributed by atoms with Crippen molar-refractivity contribution in [1.82, 2.24) is 5.32 Å². The molecule has 1 amide bonds. The fourth-order valence-electron chi connectivity index (χ4n) is 0.871. The molecule has 8 nitrogen and oxygen atoms in total. The van der Waals surface area contributed by atoms with Crippen LogP contribution in [0.3, 0.4) is 0 Å². The Balaban J connectivity index is 0.000000555. The SMILES string of the molecule is NCC(=O)O.O=C(O)CNC(=O)c1ccc(O)cc1. The molecule has 1 aromatic carbocycles. The van der Waals surface area contributed by atoms with E-state index < -0.39 is 24.4 Å². The molecule has 1 aromatic rings. The van der Waals surface area contributed by atoms with Crippen molar-refractivity contribution < 1.29 is 29.7 Å². The second-order valence-corrected chi connectivity index (χ2v) is 3.22. The normalized spacial score (nSPS) is 8.89. The van der Waals surface area contributed by atoms with Gasteiger partial charge in [0.1, 0.15) is 12.3 Å². The Hall–Kier alpha value is -2.61. The van der Waals surface area contributed by atoms with Crippen LogP contribution in [0.5, 0.6) is 5.75 Å². The Bertz CT molecular complexity index is 443. The molecule has 1 rings (SSSR count). The van der Waals surface area contributed by atoms with E-state index >= 15 is 0 Å². The van der Waals surface area contributed by atoms with Gasteiger partial charge in [-0.3, -0.25) is 14.4 Å². The molecule has 6 N–H and O–H groups in total. The maximum Gasteiger partial charge on any atom is 0.322 e. The minimum Gasteiger partial charge on any atom is -0.508 e. The van der Waals surface area contributed by atoms with Crippen LogP contribution < -0.4 is 11.1 Å². The number of hydrogen-bond acceptors (Lipinski definition) is 5. The van der Waals surface area contributed by atoms with Crippen molar-refractivity contribution in [1.29, 1.82) is 0 Å². The molecule has 0 atom stereocenters. The van der Waals surface area contributed by atoms with Crippen LogP contribution in [0, 0.1) is 0 Å². The number of carbonyl (C=O) groups is 3. The van der Waals surface area contributed by atoms with Crippen molar-refractivity contribution in [3.8, 4) is 5.75 Å². The first-order valence-electron chi connectivity index (χ1n) is 5.07. The molecule has 0 aliphatic carbocycles. The molecule has 0 aromatic heterocycles. The van der Waals surface area contributed by atoms with Crippen LogP contribution in [0.2, 0.25) is 0 Å². The average molecular weight is 270 g/mol. The summed E-state index contributed by atoms with van der Waals surface area (Å²) in [7, 11) is 0. The van der Waals surface area contributed by atoms with Crippen molar-refractivity contribution in [2.45, 2.75) is 0 Å². The zero-order valence-corrected chi connectivity index (χ0v) is 9.87. The zero-order chi connectivity index (χ0) is 14.8. The summed E-state index contributed by atoms with van der Waals surface area (Å²) < 4.78 is 0. The predicted octanol–water partition coefficient (Wildman–Crippen LogP) is -0.764. The summed E-state index contributed by atoms with van der Waals surface area (Å²) in [5.74, 6) is -2.49. The zero-order valence-electron chi connectivity index (χ0n) is 9.87. The van der Waals surface area contributed by atoms with E-state index in [0.717, 1.165) is 0 Å². The highest BCUT2D eigenvalue weighted by Gasteiger charge is 2.06. The fraction of sp³-hybridized carbons (Fsp3) is 0.182. The van der Waals surface area contributed by atoms with Gasteiger partial charge >= 0.3 is 11.9 Å². The van der Waals surface area contributed by atoms with Gasteiger partial charge in [-0.05, 0) is 24.3 Å². The van der Waals surface area contributed by atoms with Crippen molar-refractivity contribution in [2.24, 2.45) is 5.73 Å². The molecule has 0 saturated carbocycles. The summed E-state index contributed by atoms with van der Waals surface area (Å²) in [6.45, 7) is -0.695. The van der Waals surface area contributed by atoms with E-state index in [1.807, 2.05) is 0 Å². The number of nitrogens with two attached hydrogens (primary N) is 1. The maximum absolute atomic E-state index is 11.2.